The van der Waals surface area contributed by atoms with Gasteiger partial charge in [-0.1, -0.05) is 0 Å². The van der Waals surface area contributed by atoms with Crippen LogP contribution in [0.2, 0.25) is 0 Å². The zero-order chi connectivity index (χ0) is 13.0. The van der Waals surface area contributed by atoms with Gasteiger partial charge >= 0.3 is 0 Å². The Hall–Kier alpha value is -1.62. The summed E-state index contributed by atoms with van der Waals surface area (Å²) >= 11 is 0. The molecular weight excluding hydrogens is 232 g/mol. The van der Waals surface area contributed by atoms with Crippen LogP contribution >= 0.6 is 0 Å². The predicted molar refractivity (Wildman–Crippen MR) is 71.2 cm³/mol. The Morgan fingerprint density at radius 3 is 2.67 bits per heavy atom. The zero-order valence-electron chi connectivity index (χ0n) is 10.6. The molecule has 1 aliphatic rings. The first-order chi connectivity index (χ1) is 8.70. The van der Waals surface area contributed by atoms with Crippen molar-refractivity contribution in [3.05, 3.63) is 12.1 Å². The summed E-state index contributed by atoms with van der Waals surface area (Å²) in [5.41, 5.74) is 7.47. The maximum Gasteiger partial charge on any atom is 0.163 e. The predicted octanol–water partition coefficient (Wildman–Crippen LogP) is 1.61. The van der Waals surface area contributed by atoms with Gasteiger partial charge in [-0.3, -0.25) is 0 Å². The summed E-state index contributed by atoms with van der Waals surface area (Å²) in [6.07, 6.45) is 1.67. The number of ether oxygens (including phenoxy) is 2. The Morgan fingerprint density at radius 1 is 1.33 bits per heavy atom. The first-order valence-corrected chi connectivity index (χ1v) is 6.27. The van der Waals surface area contributed by atoms with Crippen LogP contribution < -0.4 is 20.5 Å². The molecular formula is C13H20N2O3. The quantitative estimate of drug-likeness (QED) is 0.694. The molecule has 18 heavy (non-hydrogen) atoms. The maximum absolute atomic E-state index is 8.80. The van der Waals surface area contributed by atoms with E-state index in [1.165, 1.54) is 0 Å². The monoisotopic (exact) mass is 252 g/mol. The summed E-state index contributed by atoms with van der Waals surface area (Å²) < 4.78 is 11.0. The molecule has 5 heteroatoms. The first kappa shape index (κ1) is 12.8. The summed E-state index contributed by atoms with van der Waals surface area (Å²) in [6.45, 7) is 3.40. The molecule has 0 radical (unpaired) electrons. The molecule has 2 rings (SSSR count). The van der Waals surface area contributed by atoms with E-state index in [0.717, 1.165) is 24.3 Å². The summed E-state index contributed by atoms with van der Waals surface area (Å²) in [5.74, 6) is 1.43. The smallest absolute Gasteiger partial charge is 0.163 e. The van der Waals surface area contributed by atoms with E-state index in [4.69, 9.17) is 20.3 Å². The lowest BCUT2D eigenvalue weighted by Gasteiger charge is -2.22. The molecule has 0 aliphatic carbocycles. The normalized spacial score (nSPS) is 15.2. The molecule has 5 nitrogen and oxygen atoms in total. The lowest BCUT2D eigenvalue weighted by molar-refractivity contribution is 0.172. The maximum atomic E-state index is 8.80. The second-order valence-electron chi connectivity index (χ2n) is 4.49. The summed E-state index contributed by atoms with van der Waals surface area (Å²) in [4.78, 5) is 0. The fourth-order valence-electron chi connectivity index (χ4n) is 1.96. The van der Waals surface area contributed by atoms with Gasteiger partial charge in [-0.25, -0.2) is 0 Å². The van der Waals surface area contributed by atoms with Crippen LogP contribution in [0.15, 0.2) is 12.1 Å². The van der Waals surface area contributed by atoms with Crippen LogP contribution in [0.5, 0.6) is 11.5 Å². The third-order valence-corrected chi connectivity index (χ3v) is 2.91. The molecule has 100 valence electrons. The number of nitrogen functional groups attached to an aromatic ring is 1. The van der Waals surface area contributed by atoms with Gasteiger partial charge in [0.1, 0.15) is 13.2 Å². The van der Waals surface area contributed by atoms with Gasteiger partial charge in [0.2, 0.25) is 0 Å². The van der Waals surface area contributed by atoms with Crippen molar-refractivity contribution in [1.82, 2.24) is 0 Å². The first-order valence-electron chi connectivity index (χ1n) is 6.27. The van der Waals surface area contributed by atoms with Gasteiger partial charge < -0.3 is 25.6 Å². The van der Waals surface area contributed by atoms with Crippen molar-refractivity contribution in [3.8, 4) is 11.5 Å². The Balaban J connectivity index is 2.08. The minimum absolute atomic E-state index is 0.211. The van der Waals surface area contributed by atoms with E-state index in [2.05, 4.69) is 12.2 Å². The highest BCUT2D eigenvalue weighted by atomic mass is 16.6. The van der Waals surface area contributed by atoms with Crippen molar-refractivity contribution in [1.29, 1.82) is 0 Å². The highest BCUT2D eigenvalue weighted by molar-refractivity contribution is 5.72. The molecule has 0 aromatic heterocycles. The lowest BCUT2D eigenvalue weighted by Crippen LogP contribution is -2.19. The molecule has 1 aromatic rings. The lowest BCUT2D eigenvalue weighted by atomic mass is 10.1. The van der Waals surface area contributed by atoms with E-state index in [0.29, 0.717) is 24.7 Å². The molecule has 1 aliphatic heterocycles. The van der Waals surface area contributed by atoms with E-state index in [-0.39, 0.29) is 12.6 Å². The molecule has 1 aromatic carbocycles. The fraction of sp³-hybridized carbons (Fsp3) is 0.538. The molecule has 0 saturated carbocycles. The fourth-order valence-corrected chi connectivity index (χ4v) is 1.96. The van der Waals surface area contributed by atoms with Crippen LogP contribution in [0, 0.1) is 0 Å². The van der Waals surface area contributed by atoms with Crippen molar-refractivity contribution in [3.63, 3.8) is 0 Å². The van der Waals surface area contributed by atoms with E-state index >= 15 is 0 Å². The number of benzene rings is 1. The van der Waals surface area contributed by atoms with E-state index in [1.54, 1.807) is 6.07 Å². The number of nitrogens with two attached hydrogens (primary N) is 1. The third kappa shape index (κ3) is 2.98. The van der Waals surface area contributed by atoms with Gasteiger partial charge in [-0.15, -0.1) is 0 Å². The standard InChI is InChI=1S/C13H20N2O3/c1-9(3-2-4-16)15-11-8-13-12(7-10(11)14)17-5-6-18-13/h7-9,15-16H,2-6,14H2,1H3. The van der Waals surface area contributed by atoms with E-state index in [9.17, 15) is 0 Å². The summed E-state index contributed by atoms with van der Waals surface area (Å²) in [6, 6.07) is 3.91. The Kier molecular flexibility index (Phi) is 4.15. The molecule has 1 atom stereocenters. The van der Waals surface area contributed by atoms with Crippen LogP contribution in [0.25, 0.3) is 0 Å². The van der Waals surface area contributed by atoms with Gasteiger partial charge in [0.05, 0.1) is 11.4 Å². The van der Waals surface area contributed by atoms with Crippen molar-refractivity contribution < 1.29 is 14.6 Å². The minimum Gasteiger partial charge on any atom is -0.486 e. The highest BCUT2D eigenvalue weighted by Crippen LogP contribution is 2.37. The molecule has 1 heterocycles. The average Bonchev–Trinajstić information content (AvgIpc) is 2.37. The number of aliphatic hydroxyl groups excluding tert-OH is 1. The second kappa shape index (κ2) is 5.82. The number of nitrogens with one attached hydrogen (secondary N) is 1. The number of hydrogen-bond donors (Lipinski definition) is 3. The number of aliphatic hydroxyl groups is 1. The van der Waals surface area contributed by atoms with Crippen molar-refractivity contribution in [2.45, 2.75) is 25.8 Å². The third-order valence-electron chi connectivity index (χ3n) is 2.91. The van der Waals surface area contributed by atoms with Crippen molar-refractivity contribution in [2.24, 2.45) is 0 Å². The molecule has 0 bridgehead atoms. The number of hydrogen-bond acceptors (Lipinski definition) is 5. The van der Waals surface area contributed by atoms with Crippen LogP contribution in [-0.2, 0) is 0 Å². The molecule has 0 spiro atoms. The summed E-state index contributed by atoms with van der Waals surface area (Å²) in [5, 5.41) is 12.1. The topological polar surface area (TPSA) is 76.7 Å². The van der Waals surface area contributed by atoms with Crippen LogP contribution in [-0.4, -0.2) is 31.0 Å². The van der Waals surface area contributed by atoms with Gasteiger partial charge in [0, 0.05) is 24.8 Å². The van der Waals surface area contributed by atoms with Crippen molar-refractivity contribution >= 4 is 11.4 Å². The van der Waals surface area contributed by atoms with E-state index < -0.39 is 0 Å². The second-order valence-corrected chi connectivity index (χ2v) is 4.49. The van der Waals surface area contributed by atoms with E-state index in [1.807, 2.05) is 6.07 Å². The number of rotatable bonds is 5. The Morgan fingerprint density at radius 2 is 2.00 bits per heavy atom. The van der Waals surface area contributed by atoms with Gasteiger partial charge in [-0.2, -0.15) is 0 Å². The molecule has 1 unspecified atom stereocenters. The van der Waals surface area contributed by atoms with Crippen LogP contribution in [0.1, 0.15) is 19.8 Å². The molecule has 0 saturated heterocycles. The highest BCUT2D eigenvalue weighted by Gasteiger charge is 2.15. The number of fused-ring (bicyclic) bond motifs is 1. The molecule has 4 N–H and O–H groups in total. The SMILES string of the molecule is CC(CCCO)Nc1cc2c(cc1N)OCCO2. The van der Waals surface area contributed by atoms with Gasteiger partial charge in [0.15, 0.2) is 11.5 Å². The van der Waals surface area contributed by atoms with Crippen LogP contribution in [0.4, 0.5) is 11.4 Å². The molecule has 0 fully saturated rings. The average molecular weight is 252 g/mol. The molecule has 0 amide bonds. The summed E-state index contributed by atoms with van der Waals surface area (Å²) in [7, 11) is 0. The minimum atomic E-state index is 0.211. The van der Waals surface area contributed by atoms with Crippen LogP contribution in [0.3, 0.4) is 0 Å². The Bertz CT molecular complexity index is 409. The zero-order valence-corrected chi connectivity index (χ0v) is 10.6. The van der Waals surface area contributed by atoms with Crippen molar-refractivity contribution in [2.75, 3.05) is 30.9 Å². The largest absolute Gasteiger partial charge is 0.486 e. The van der Waals surface area contributed by atoms with Gasteiger partial charge in [-0.05, 0) is 19.8 Å². The number of anilines is 2. The van der Waals surface area contributed by atoms with Gasteiger partial charge in [0.25, 0.3) is 0 Å². The Labute approximate surface area is 107 Å².